The molecule has 2 aliphatic rings. The number of amides is 1. The standard InChI is InChI=1S/C31H35F5N6O4/c1-16-21(18-7-8-19(32)22(33)24(18)44-6)25(45-30(16,5)31(34,35)36)26-39-20-10-12-38-27(23(20)40-26)41-13-14-42(17(15-41)9-11-37)28(43)46-29(2,3)4/h7-8,10,12,16-17,21,25H,9,13-15H2,1-6H3,(H,39,40)/t16-,17?,21-,25+,30+/m0/s1. The molecular formula is C31H35F5N6O4. The van der Waals surface area contributed by atoms with Crippen LogP contribution in [0.5, 0.6) is 5.75 Å². The summed E-state index contributed by atoms with van der Waals surface area (Å²) in [5, 5.41) is 9.49. The second-order valence-corrected chi connectivity index (χ2v) is 12.7. The molecule has 2 aromatic heterocycles. The molecule has 0 bridgehead atoms. The zero-order valence-corrected chi connectivity index (χ0v) is 26.2. The van der Waals surface area contributed by atoms with Crippen molar-refractivity contribution in [2.45, 2.75) is 76.5 Å². The molecule has 1 N–H and O–H groups in total. The molecule has 0 radical (unpaired) electrons. The van der Waals surface area contributed by atoms with E-state index < -0.39 is 64.8 Å². The molecule has 3 aromatic rings. The maximum atomic E-state index is 14.8. The number of nitrogens with zero attached hydrogens (tertiary/aromatic N) is 5. The number of hydrogen-bond donors (Lipinski definition) is 1. The fourth-order valence-electron chi connectivity index (χ4n) is 6.24. The highest BCUT2D eigenvalue weighted by Gasteiger charge is 2.65. The molecule has 1 unspecified atom stereocenters. The molecule has 1 aromatic carbocycles. The Balaban J connectivity index is 1.54. The first-order chi connectivity index (χ1) is 21.5. The molecule has 0 spiro atoms. The van der Waals surface area contributed by atoms with E-state index in [0.29, 0.717) is 23.4 Å². The number of aromatic amines is 1. The Hall–Kier alpha value is -4.19. The Morgan fingerprint density at radius 1 is 1.22 bits per heavy atom. The van der Waals surface area contributed by atoms with Crippen molar-refractivity contribution in [3.8, 4) is 11.8 Å². The van der Waals surface area contributed by atoms with Crippen LogP contribution in [0.3, 0.4) is 0 Å². The molecule has 5 rings (SSSR count). The van der Waals surface area contributed by atoms with E-state index in [-0.39, 0.29) is 30.9 Å². The number of alkyl halides is 3. The van der Waals surface area contributed by atoms with Gasteiger partial charge in [0, 0.05) is 43.2 Å². The van der Waals surface area contributed by atoms with Gasteiger partial charge in [0.15, 0.2) is 23.0 Å². The summed E-state index contributed by atoms with van der Waals surface area (Å²) >= 11 is 0. The van der Waals surface area contributed by atoms with E-state index in [9.17, 15) is 32.0 Å². The van der Waals surface area contributed by atoms with Gasteiger partial charge in [-0.2, -0.15) is 22.8 Å². The van der Waals surface area contributed by atoms with E-state index in [1.165, 1.54) is 24.1 Å². The highest BCUT2D eigenvalue weighted by atomic mass is 19.4. The van der Waals surface area contributed by atoms with Crippen molar-refractivity contribution >= 4 is 22.9 Å². The minimum absolute atomic E-state index is 0.00305. The average molecular weight is 651 g/mol. The van der Waals surface area contributed by atoms with Gasteiger partial charge in [0.05, 0.1) is 31.2 Å². The summed E-state index contributed by atoms with van der Waals surface area (Å²) in [5.74, 6) is -5.04. The van der Waals surface area contributed by atoms with Crippen molar-refractivity contribution in [1.82, 2.24) is 19.9 Å². The van der Waals surface area contributed by atoms with Gasteiger partial charge in [0.25, 0.3) is 0 Å². The van der Waals surface area contributed by atoms with Crippen molar-refractivity contribution in [1.29, 1.82) is 5.26 Å². The topological polar surface area (TPSA) is 117 Å². The summed E-state index contributed by atoms with van der Waals surface area (Å²) in [6.45, 7) is 8.27. The minimum atomic E-state index is -4.81. The Kier molecular flexibility index (Phi) is 8.56. The van der Waals surface area contributed by atoms with E-state index in [4.69, 9.17) is 14.2 Å². The van der Waals surface area contributed by atoms with Crippen LogP contribution in [-0.2, 0) is 9.47 Å². The first kappa shape index (κ1) is 33.2. The molecule has 5 atom stereocenters. The molecule has 2 aliphatic heterocycles. The second-order valence-electron chi connectivity index (χ2n) is 12.7. The molecule has 4 heterocycles. The van der Waals surface area contributed by atoms with E-state index >= 15 is 0 Å². The van der Waals surface area contributed by atoms with Gasteiger partial charge in [-0.25, -0.2) is 19.2 Å². The molecule has 2 fully saturated rings. The summed E-state index contributed by atoms with van der Waals surface area (Å²) in [7, 11) is 1.11. The van der Waals surface area contributed by atoms with Gasteiger partial charge in [0.1, 0.15) is 23.0 Å². The molecule has 10 nitrogen and oxygen atoms in total. The summed E-state index contributed by atoms with van der Waals surface area (Å²) in [6.07, 6.45) is -5.19. The summed E-state index contributed by atoms with van der Waals surface area (Å²) in [5.41, 5.74) is -2.62. The number of carbonyl (C=O) groups is 1. The van der Waals surface area contributed by atoms with Gasteiger partial charge >= 0.3 is 12.3 Å². The number of hydrogen-bond acceptors (Lipinski definition) is 8. The van der Waals surface area contributed by atoms with Crippen LogP contribution >= 0.6 is 0 Å². The minimum Gasteiger partial charge on any atom is -0.493 e. The van der Waals surface area contributed by atoms with Gasteiger partial charge in [-0.1, -0.05) is 13.0 Å². The molecular weight excluding hydrogens is 615 g/mol. The van der Waals surface area contributed by atoms with Crippen LogP contribution in [0.2, 0.25) is 0 Å². The molecule has 1 amide bonds. The summed E-state index contributed by atoms with van der Waals surface area (Å²) < 4.78 is 88.9. The first-order valence-corrected chi connectivity index (χ1v) is 14.7. The van der Waals surface area contributed by atoms with Gasteiger partial charge in [-0.05, 0) is 39.8 Å². The number of fused-ring (bicyclic) bond motifs is 1. The van der Waals surface area contributed by atoms with Crippen LogP contribution in [0.4, 0.5) is 32.6 Å². The van der Waals surface area contributed by atoms with Crippen LogP contribution in [0.25, 0.3) is 11.0 Å². The lowest BCUT2D eigenvalue weighted by molar-refractivity contribution is -0.275. The number of benzene rings is 1. The van der Waals surface area contributed by atoms with Crippen LogP contribution in [0.1, 0.15) is 64.4 Å². The fourth-order valence-corrected chi connectivity index (χ4v) is 6.24. The van der Waals surface area contributed by atoms with E-state index in [0.717, 1.165) is 20.1 Å². The third kappa shape index (κ3) is 5.78. The van der Waals surface area contributed by atoms with Gasteiger partial charge in [0.2, 0.25) is 5.82 Å². The smallest absolute Gasteiger partial charge is 0.417 e. The number of ether oxygens (including phenoxy) is 3. The number of pyridine rings is 1. The number of anilines is 1. The predicted molar refractivity (Wildman–Crippen MR) is 156 cm³/mol. The number of rotatable bonds is 5. The lowest BCUT2D eigenvalue weighted by Gasteiger charge is -2.41. The number of imidazole rings is 1. The third-order valence-electron chi connectivity index (χ3n) is 8.72. The van der Waals surface area contributed by atoms with E-state index in [1.807, 2.05) is 4.90 Å². The summed E-state index contributed by atoms with van der Waals surface area (Å²) in [6, 6.07) is 5.23. The van der Waals surface area contributed by atoms with Gasteiger partial charge < -0.3 is 29.0 Å². The van der Waals surface area contributed by atoms with E-state index in [2.05, 4.69) is 21.0 Å². The lowest BCUT2D eigenvalue weighted by Crippen LogP contribution is -2.56. The molecule has 46 heavy (non-hydrogen) atoms. The van der Waals surface area contributed by atoms with Gasteiger partial charge in [-0.3, -0.25) is 0 Å². The average Bonchev–Trinajstić information content (AvgIpc) is 3.52. The van der Waals surface area contributed by atoms with Crippen molar-refractivity contribution in [3.63, 3.8) is 0 Å². The van der Waals surface area contributed by atoms with Crippen molar-refractivity contribution in [2.24, 2.45) is 5.92 Å². The van der Waals surface area contributed by atoms with Crippen LogP contribution in [0.15, 0.2) is 24.4 Å². The SMILES string of the molecule is COc1c([C@H]2[C@H](c3nc4c(N5CCN(C(=O)OC(C)(C)C)C(CC#N)C5)nccc4[nH]3)O[C@@](C)(C(F)(F)F)[C@H]2C)ccc(F)c1F. The van der Waals surface area contributed by atoms with Crippen LogP contribution in [-0.4, -0.2) is 76.1 Å². The van der Waals surface area contributed by atoms with Crippen molar-refractivity contribution < 1.29 is 41.0 Å². The zero-order valence-electron chi connectivity index (χ0n) is 26.2. The number of methoxy groups -OCH3 is 1. The fraction of sp³-hybridized carbons (Fsp3) is 0.548. The highest BCUT2D eigenvalue weighted by molar-refractivity contribution is 5.86. The largest absolute Gasteiger partial charge is 0.493 e. The molecule has 15 heteroatoms. The molecule has 2 saturated heterocycles. The number of nitrogens with one attached hydrogen (secondary N) is 1. The molecule has 0 saturated carbocycles. The number of carbonyl (C=O) groups excluding carboxylic acids is 1. The van der Waals surface area contributed by atoms with Crippen molar-refractivity contribution in [3.05, 3.63) is 47.4 Å². The van der Waals surface area contributed by atoms with Crippen LogP contribution in [0, 0.1) is 28.9 Å². The molecule has 0 aliphatic carbocycles. The Bertz CT molecular complexity index is 1670. The number of nitriles is 1. The lowest BCUT2D eigenvalue weighted by atomic mass is 9.77. The highest BCUT2D eigenvalue weighted by Crippen LogP contribution is 2.59. The zero-order chi connectivity index (χ0) is 33.8. The van der Waals surface area contributed by atoms with E-state index in [1.54, 1.807) is 26.8 Å². The maximum Gasteiger partial charge on any atom is 0.417 e. The monoisotopic (exact) mass is 650 g/mol. The Morgan fingerprint density at radius 3 is 2.57 bits per heavy atom. The van der Waals surface area contributed by atoms with Crippen LogP contribution < -0.4 is 9.64 Å². The predicted octanol–water partition coefficient (Wildman–Crippen LogP) is 6.40. The second kappa shape index (κ2) is 11.9. The number of piperazine rings is 1. The number of halogens is 5. The maximum absolute atomic E-state index is 14.8. The Morgan fingerprint density at radius 2 is 1.93 bits per heavy atom. The molecule has 248 valence electrons. The Labute approximate surface area is 262 Å². The summed E-state index contributed by atoms with van der Waals surface area (Å²) in [4.78, 5) is 28.5. The normalized spacial score (nSPS) is 25.5. The quantitative estimate of drug-likeness (QED) is 0.316. The first-order valence-electron chi connectivity index (χ1n) is 14.7. The third-order valence-corrected chi connectivity index (χ3v) is 8.72. The number of aromatic nitrogens is 3. The van der Waals surface area contributed by atoms with Crippen molar-refractivity contribution in [2.75, 3.05) is 31.6 Å². The van der Waals surface area contributed by atoms with Gasteiger partial charge in [-0.15, -0.1) is 0 Å². The number of H-pyrrole nitrogens is 1.